The summed E-state index contributed by atoms with van der Waals surface area (Å²) in [6.45, 7) is 8.48. The molecular formula is C20H40N4O3. The molecule has 2 atom stereocenters. The lowest BCUT2D eigenvalue weighted by Crippen LogP contribution is -2.41. The lowest BCUT2D eigenvalue weighted by atomic mass is 9.99. The van der Waals surface area contributed by atoms with Gasteiger partial charge in [0.2, 0.25) is 5.91 Å². The van der Waals surface area contributed by atoms with Crippen molar-refractivity contribution in [1.29, 1.82) is 0 Å². The van der Waals surface area contributed by atoms with Gasteiger partial charge in [-0.05, 0) is 25.2 Å². The second kappa shape index (κ2) is 14.7. The number of guanidine groups is 1. The van der Waals surface area contributed by atoms with Crippen molar-refractivity contribution in [3.8, 4) is 0 Å². The van der Waals surface area contributed by atoms with Crippen molar-refractivity contribution in [3.05, 3.63) is 0 Å². The minimum absolute atomic E-state index is 0.00121. The molecule has 7 nitrogen and oxygen atoms in total. The van der Waals surface area contributed by atoms with Gasteiger partial charge < -0.3 is 25.0 Å². The molecule has 1 rings (SSSR count). The third-order valence-corrected chi connectivity index (χ3v) is 4.83. The van der Waals surface area contributed by atoms with E-state index in [0.29, 0.717) is 25.1 Å². The second-order valence-corrected chi connectivity index (χ2v) is 7.39. The number of nitrogens with zero attached hydrogens (tertiary/aromatic N) is 2. The third-order valence-electron chi connectivity index (χ3n) is 4.83. The number of likely N-dealkylation sites (N-methyl/N-ethyl adjacent to an activating group) is 1. The van der Waals surface area contributed by atoms with Crippen LogP contribution in [0.5, 0.6) is 0 Å². The molecule has 0 aromatic heterocycles. The van der Waals surface area contributed by atoms with Crippen molar-refractivity contribution in [1.82, 2.24) is 15.5 Å². The van der Waals surface area contributed by atoms with E-state index >= 15 is 0 Å². The number of aliphatic imine (C=N–C) groups is 1. The Morgan fingerprint density at radius 2 is 2.11 bits per heavy atom. The molecule has 0 bridgehead atoms. The van der Waals surface area contributed by atoms with Gasteiger partial charge in [0.15, 0.2) is 5.96 Å². The lowest BCUT2D eigenvalue weighted by molar-refractivity contribution is -0.127. The van der Waals surface area contributed by atoms with Gasteiger partial charge in [-0.15, -0.1) is 0 Å². The highest BCUT2D eigenvalue weighted by atomic mass is 16.5. The molecule has 1 heterocycles. The van der Waals surface area contributed by atoms with E-state index in [-0.39, 0.29) is 18.6 Å². The van der Waals surface area contributed by atoms with E-state index in [9.17, 15) is 4.79 Å². The normalized spacial score (nSPS) is 18.4. The summed E-state index contributed by atoms with van der Waals surface area (Å²) in [5, 5.41) is 6.75. The Morgan fingerprint density at radius 3 is 2.74 bits per heavy atom. The van der Waals surface area contributed by atoms with Crippen LogP contribution in [0.4, 0.5) is 0 Å². The largest absolute Gasteiger partial charge is 0.379 e. The number of carbonyl (C=O) groups is 1. The second-order valence-electron chi connectivity index (χ2n) is 7.39. The topological polar surface area (TPSA) is 75.2 Å². The van der Waals surface area contributed by atoms with E-state index in [2.05, 4.69) is 29.5 Å². The van der Waals surface area contributed by atoms with Crippen molar-refractivity contribution in [2.45, 2.75) is 58.5 Å². The van der Waals surface area contributed by atoms with E-state index in [4.69, 9.17) is 9.47 Å². The van der Waals surface area contributed by atoms with E-state index < -0.39 is 0 Å². The smallest absolute Gasteiger partial charge is 0.243 e. The highest BCUT2D eigenvalue weighted by molar-refractivity contribution is 5.84. The zero-order valence-electron chi connectivity index (χ0n) is 17.8. The highest BCUT2D eigenvalue weighted by Crippen LogP contribution is 2.11. The number of nitrogens with one attached hydrogen (secondary N) is 2. The van der Waals surface area contributed by atoms with Gasteiger partial charge in [0.25, 0.3) is 0 Å². The van der Waals surface area contributed by atoms with Crippen molar-refractivity contribution in [2.24, 2.45) is 10.9 Å². The fraction of sp³-hybridized carbons (Fsp3) is 0.900. The molecule has 0 saturated carbocycles. The van der Waals surface area contributed by atoms with Gasteiger partial charge in [-0.25, -0.2) is 4.99 Å². The van der Waals surface area contributed by atoms with Crippen molar-refractivity contribution >= 4 is 11.9 Å². The predicted molar refractivity (Wildman–Crippen MR) is 110 cm³/mol. The minimum Gasteiger partial charge on any atom is -0.379 e. The van der Waals surface area contributed by atoms with Crippen molar-refractivity contribution in [2.75, 3.05) is 53.6 Å². The van der Waals surface area contributed by atoms with Gasteiger partial charge in [0.1, 0.15) is 6.54 Å². The Morgan fingerprint density at radius 1 is 1.30 bits per heavy atom. The maximum Gasteiger partial charge on any atom is 0.243 e. The zero-order chi connectivity index (χ0) is 19.9. The van der Waals surface area contributed by atoms with Crippen LogP contribution >= 0.6 is 0 Å². The molecule has 158 valence electrons. The Kier molecular flexibility index (Phi) is 12.9. The number of hydrogen-bond donors (Lipinski definition) is 2. The summed E-state index contributed by atoms with van der Waals surface area (Å²) in [5.41, 5.74) is 0. The Hall–Kier alpha value is -1.34. The molecule has 0 aromatic carbocycles. The first-order valence-corrected chi connectivity index (χ1v) is 10.5. The Balaban J connectivity index is 2.38. The summed E-state index contributed by atoms with van der Waals surface area (Å²) < 4.78 is 11.1. The number of rotatable bonds is 13. The van der Waals surface area contributed by atoms with E-state index in [0.717, 1.165) is 39.0 Å². The van der Waals surface area contributed by atoms with Gasteiger partial charge in [0, 0.05) is 40.4 Å². The number of hydrogen-bond acceptors (Lipinski definition) is 4. The Bertz CT molecular complexity index is 423. The first-order chi connectivity index (χ1) is 13.1. The summed E-state index contributed by atoms with van der Waals surface area (Å²) >= 11 is 0. The van der Waals surface area contributed by atoms with E-state index in [1.165, 1.54) is 19.3 Å². The monoisotopic (exact) mass is 384 g/mol. The standard InChI is InChI=1S/C20H40N4O3/c1-5-7-9-17(6-2)14-22-20(23-15-19(25)24(3)4)21-11-8-12-27-18-10-13-26-16-18/h17-18H,5-16H2,1-4H3,(H2,21,22,23). The summed E-state index contributed by atoms with van der Waals surface area (Å²) in [7, 11) is 3.50. The molecule has 0 aromatic rings. The fourth-order valence-electron chi connectivity index (χ4n) is 2.82. The van der Waals surface area contributed by atoms with Crippen LogP contribution in [0.3, 0.4) is 0 Å². The molecule has 7 heteroatoms. The summed E-state index contributed by atoms with van der Waals surface area (Å²) in [5.74, 6) is 1.34. The van der Waals surface area contributed by atoms with Crippen LogP contribution in [0, 0.1) is 5.92 Å². The predicted octanol–water partition coefficient (Wildman–Crippen LogP) is 2.02. The molecular weight excluding hydrogens is 344 g/mol. The molecule has 0 radical (unpaired) electrons. The van der Waals surface area contributed by atoms with Crippen molar-refractivity contribution in [3.63, 3.8) is 0 Å². The van der Waals surface area contributed by atoms with Gasteiger partial charge in [-0.3, -0.25) is 4.79 Å². The number of ether oxygens (including phenoxy) is 2. The average molecular weight is 385 g/mol. The van der Waals surface area contributed by atoms with Crippen LogP contribution < -0.4 is 10.6 Å². The van der Waals surface area contributed by atoms with Crippen LogP contribution in [0.1, 0.15) is 52.4 Å². The summed E-state index contributed by atoms with van der Waals surface area (Å²) in [6, 6.07) is 0. The molecule has 1 aliphatic heterocycles. The molecule has 27 heavy (non-hydrogen) atoms. The lowest BCUT2D eigenvalue weighted by Gasteiger charge is -2.19. The van der Waals surface area contributed by atoms with Crippen LogP contribution in [-0.2, 0) is 14.3 Å². The molecule has 1 fully saturated rings. The number of carbonyl (C=O) groups excluding carboxylic acids is 1. The molecule has 0 aliphatic carbocycles. The van der Waals surface area contributed by atoms with E-state index in [1.807, 2.05) is 0 Å². The van der Waals surface area contributed by atoms with Crippen LogP contribution in [0.25, 0.3) is 0 Å². The zero-order valence-corrected chi connectivity index (χ0v) is 17.8. The highest BCUT2D eigenvalue weighted by Gasteiger charge is 2.15. The van der Waals surface area contributed by atoms with Gasteiger partial charge in [-0.2, -0.15) is 0 Å². The third kappa shape index (κ3) is 11.2. The van der Waals surface area contributed by atoms with Crippen LogP contribution in [0.2, 0.25) is 0 Å². The van der Waals surface area contributed by atoms with Crippen LogP contribution in [-0.4, -0.2) is 76.4 Å². The van der Waals surface area contributed by atoms with Crippen LogP contribution in [0.15, 0.2) is 4.99 Å². The molecule has 1 aliphatic rings. The van der Waals surface area contributed by atoms with Gasteiger partial charge in [-0.1, -0.05) is 33.1 Å². The average Bonchev–Trinajstić information content (AvgIpc) is 3.18. The Labute approximate surface area is 165 Å². The number of unbranched alkanes of at least 4 members (excludes halogenated alkanes) is 1. The van der Waals surface area contributed by atoms with E-state index in [1.54, 1.807) is 19.0 Å². The molecule has 2 unspecified atom stereocenters. The minimum atomic E-state index is -0.00121. The SMILES string of the molecule is CCCCC(CC)CNC(=NCC(=O)N(C)C)NCCCOC1CCOC1. The van der Waals surface area contributed by atoms with Gasteiger partial charge >= 0.3 is 0 Å². The molecule has 1 saturated heterocycles. The quantitative estimate of drug-likeness (QED) is 0.289. The molecule has 1 amide bonds. The maximum absolute atomic E-state index is 11.8. The summed E-state index contributed by atoms with van der Waals surface area (Å²) in [6.07, 6.45) is 6.98. The fourth-order valence-corrected chi connectivity index (χ4v) is 2.82. The number of amides is 1. The first-order valence-electron chi connectivity index (χ1n) is 10.5. The van der Waals surface area contributed by atoms with Gasteiger partial charge in [0.05, 0.1) is 12.7 Å². The summed E-state index contributed by atoms with van der Waals surface area (Å²) in [4.78, 5) is 17.9. The molecule has 0 spiro atoms. The first kappa shape index (κ1) is 23.7. The maximum atomic E-state index is 11.8. The molecule has 2 N–H and O–H groups in total. The van der Waals surface area contributed by atoms with Crippen molar-refractivity contribution < 1.29 is 14.3 Å².